The van der Waals surface area contributed by atoms with Gasteiger partial charge in [0.1, 0.15) is 5.75 Å². The average Bonchev–Trinajstić information content (AvgIpc) is 3.31. The van der Waals surface area contributed by atoms with Crippen molar-refractivity contribution < 1.29 is 14.3 Å². The van der Waals surface area contributed by atoms with E-state index in [2.05, 4.69) is 6.07 Å². The van der Waals surface area contributed by atoms with Gasteiger partial charge in [0, 0.05) is 43.2 Å². The number of ether oxygens (including phenoxy) is 1. The first-order valence-corrected chi connectivity index (χ1v) is 11.4. The topological polar surface area (TPSA) is 49.9 Å². The van der Waals surface area contributed by atoms with Crippen molar-refractivity contribution in [3.8, 4) is 5.75 Å². The lowest BCUT2D eigenvalue weighted by molar-refractivity contribution is 0.0632. The predicted octanol–water partition coefficient (Wildman–Crippen LogP) is 4.47. The Balaban J connectivity index is 1.35. The zero-order valence-electron chi connectivity index (χ0n) is 18.6. The van der Waals surface area contributed by atoms with E-state index in [9.17, 15) is 9.59 Å². The maximum atomic E-state index is 13.0. The van der Waals surface area contributed by atoms with E-state index in [-0.39, 0.29) is 11.8 Å². The fourth-order valence-electron chi connectivity index (χ4n) is 4.70. The molecule has 0 N–H and O–H groups in total. The van der Waals surface area contributed by atoms with Gasteiger partial charge in [0.2, 0.25) is 0 Å². The molecule has 2 saturated heterocycles. The summed E-state index contributed by atoms with van der Waals surface area (Å²) >= 11 is 0. The van der Waals surface area contributed by atoms with Crippen LogP contribution in [0, 0.1) is 19.8 Å². The molecule has 0 bridgehead atoms. The van der Waals surface area contributed by atoms with E-state index in [1.165, 1.54) is 0 Å². The monoisotopic (exact) mass is 420 g/mol. The summed E-state index contributed by atoms with van der Waals surface area (Å²) < 4.78 is 6.06. The fraction of sp³-hybridized carbons (Fsp3) is 0.462. The number of hydrogen-bond acceptors (Lipinski definition) is 3. The molecule has 0 radical (unpaired) electrons. The largest absolute Gasteiger partial charge is 0.493 e. The highest BCUT2D eigenvalue weighted by Crippen LogP contribution is 2.23. The number of aryl methyl sites for hydroxylation is 2. The van der Waals surface area contributed by atoms with Crippen LogP contribution >= 0.6 is 0 Å². The molecule has 0 aliphatic carbocycles. The molecular formula is C26H32N2O3. The van der Waals surface area contributed by atoms with Crippen molar-refractivity contribution in [3.05, 3.63) is 64.7 Å². The summed E-state index contributed by atoms with van der Waals surface area (Å²) in [7, 11) is 0. The second-order valence-corrected chi connectivity index (χ2v) is 8.97. The first kappa shape index (κ1) is 21.4. The first-order chi connectivity index (χ1) is 15.0. The van der Waals surface area contributed by atoms with Crippen molar-refractivity contribution in [2.24, 2.45) is 5.92 Å². The molecule has 0 aromatic heterocycles. The Labute approximate surface area is 185 Å². The Morgan fingerprint density at radius 3 is 2.29 bits per heavy atom. The van der Waals surface area contributed by atoms with Crippen molar-refractivity contribution in [1.29, 1.82) is 0 Å². The number of benzene rings is 2. The number of nitrogens with zero attached hydrogens (tertiary/aromatic N) is 2. The molecule has 2 aliphatic heterocycles. The van der Waals surface area contributed by atoms with E-state index < -0.39 is 0 Å². The number of hydrogen-bond donors (Lipinski definition) is 0. The summed E-state index contributed by atoms with van der Waals surface area (Å²) in [6.45, 7) is 7.80. The maximum absolute atomic E-state index is 13.0. The Kier molecular flexibility index (Phi) is 6.59. The Bertz CT molecular complexity index is 929. The van der Waals surface area contributed by atoms with Gasteiger partial charge in [-0.3, -0.25) is 9.59 Å². The van der Waals surface area contributed by atoms with E-state index in [0.717, 1.165) is 67.8 Å². The van der Waals surface area contributed by atoms with E-state index in [1.807, 2.05) is 60.0 Å². The van der Waals surface area contributed by atoms with Crippen LogP contribution in [0.5, 0.6) is 5.75 Å². The quantitative estimate of drug-likeness (QED) is 0.717. The zero-order valence-corrected chi connectivity index (χ0v) is 18.6. The van der Waals surface area contributed by atoms with Gasteiger partial charge in [0.25, 0.3) is 11.8 Å². The molecule has 2 aromatic rings. The van der Waals surface area contributed by atoms with E-state index in [1.54, 1.807) is 0 Å². The number of rotatable bonds is 5. The van der Waals surface area contributed by atoms with E-state index in [0.29, 0.717) is 24.6 Å². The van der Waals surface area contributed by atoms with Gasteiger partial charge in [-0.1, -0.05) is 23.3 Å². The van der Waals surface area contributed by atoms with Gasteiger partial charge in [-0.15, -0.1) is 0 Å². The fourth-order valence-corrected chi connectivity index (χ4v) is 4.70. The lowest BCUT2D eigenvalue weighted by atomic mass is 9.97. The predicted molar refractivity (Wildman–Crippen MR) is 122 cm³/mol. The van der Waals surface area contributed by atoms with Crippen molar-refractivity contribution in [2.75, 3.05) is 32.8 Å². The van der Waals surface area contributed by atoms with Crippen molar-refractivity contribution >= 4 is 11.8 Å². The molecule has 5 heteroatoms. The Morgan fingerprint density at radius 1 is 0.871 bits per heavy atom. The minimum Gasteiger partial charge on any atom is -0.493 e. The Hall–Kier alpha value is -2.82. The number of carbonyl (C=O) groups is 2. The van der Waals surface area contributed by atoms with Gasteiger partial charge in [-0.25, -0.2) is 0 Å². The van der Waals surface area contributed by atoms with Crippen molar-refractivity contribution in [2.45, 2.75) is 39.5 Å². The van der Waals surface area contributed by atoms with Crippen molar-refractivity contribution in [3.63, 3.8) is 0 Å². The van der Waals surface area contributed by atoms with Crippen LogP contribution in [0.15, 0.2) is 42.5 Å². The van der Waals surface area contributed by atoms with Gasteiger partial charge < -0.3 is 14.5 Å². The molecule has 0 spiro atoms. The van der Waals surface area contributed by atoms with Crippen LogP contribution in [0.25, 0.3) is 0 Å². The highest BCUT2D eigenvalue weighted by molar-refractivity contribution is 5.95. The third kappa shape index (κ3) is 5.27. The molecule has 1 unspecified atom stereocenters. The van der Waals surface area contributed by atoms with Crippen LogP contribution in [0.4, 0.5) is 0 Å². The van der Waals surface area contributed by atoms with E-state index >= 15 is 0 Å². The molecule has 31 heavy (non-hydrogen) atoms. The molecule has 4 rings (SSSR count). The summed E-state index contributed by atoms with van der Waals surface area (Å²) in [6, 6.07) is 13.5. The summed E-state index contributed by atoms with van der Waals surface area (Å²) in [6.07, 6.45) is 4.20. The van der Waals surface area contributed by atoms with Gasteiger partial charge in [-0.05, 0) is 69.9 Å². The highest BCUT2D eigenvalue weighted by atomic mass is 16.5. The summed E-state index contributed by atoms with van der Waals surface area (Å²) in [5, 5.41) is 0. The third-order valence-electron chi connectivity index (χ3n) is 6.23. The first-order valence-electron chi connectivity index (χ1n) is 11.4. The summed E-state index contributed by atoms with van der Waals surface area (Å²) in [5.74, 6) is 1.21. The van der Waals surface area contributed by atoms with Crippen LogP contribution in [0.3, 0.4) is 0 Å². The molecule has 2 fully saturated rings. The lowest BCUT2D eigenvalue weighted by Crippen LogP contribution is -2.41. The molecule has 1 atom stereocenters. The van der Waals surface area contributed by atoms with Crippen LogP contribution in [-0.4, -0.2) is 54.4 Å². The molecule has 5 nitrogen and oxygen atoms in total. The molecule has 2 aliphatic rings. The molecular weight excluding hydrogens is 388 g/mol. The number of likely N-dealkylation sites (tertiary alicyclic amines) is 2. The molecule has 2 amide bonds. The number of piperidine rings is 1. The zero-order chi connectivity index (χ0) is 21.8. The lowest BCUT2D eigenvalue weighted by Gasteiger charge is -2.33. The normalized spacial score (nSPS) is 18.8. The van der Waals surface area contributed by atoms with Crippen LogP contribution in [-0.2, 0) is 0 Å². The minimum atomic E-state index is 0.0887. The SMILES string of the molecule is Cc1cc(C)cc(C(=O)N2CCCC(COc3cccc(C(=O)N4CCCC4)c3)C2)c1. The molecule has 2 aromatic carbocycles. The van der Waals surface area contributed by atoms with Crippen LogP contribution in [0.2, 0.25) is 0 Å². The van der Waals surface area contributed by atoms with Gasteiger partial charge in [0.15, 0.2) is 0 Å². The molecule has 2 heterocycles. The van der Waals surface area contributed by atoms with Crippen LogP contribution in [0.1, 0.15) is 57.5 Å². The average molecular weight is 421 g/mol. The molecule has 0 saturated carbocycles. The maximum Gasteiger partial charge on any atom is 0.253 e. The van der Waals surface area contributed by atoms with E-state index in [4.69, 9.17) is 4.74 Å². The van der Waals surface area contributed by atoms with Gasteiger partial charge >= 0.3 is 0 Å². The number of amides is 2. The number of carbonyl (C=O) groups excluding carboxylic acids is 2. The van der Waals surface area contributed by atoms with Gasteiger partial charge in [0.05, 0.1) is 6.61 Å². The van der Waals surface area contributed by atoms with Crippen molar-refractivity contribution in [1.82, 2.24) is 9.80 Å². The smallest absolute Gasteiger partial charge is 0.253 e. The minimum absolute atomic E-state index is 0.0887. The third-order valence-corrected chi connectivity index (χ3v) is 6.23. The summed E-state index contributed by atoms with van der Waals surface area (Å²) in [4.78, 5) is 29.5. The van der Waals surface area contributed by atoms with Gasteiger partial charge in [-0.2, -0.15) is 0 Å². The highest BCUT2D eigenvalue weighted by Gasteiger charge is 2.25. The Morgan fingerprint density at radius 2 is 1.55 bits per heavy atom. The second-order valence-electron chi connectivity index (χ2n) is 8.97. The standard InChI is InChI=1S/C26H32N2O3/c1-19-13-20(2)15-23(14-19)26(30)28-12-6-7-21(17-28)18-31-24-9-5-8-22(16-24)25(29)27-10-3-4-11-27/h5,8-9,13-16,21H,3-4,6-7,10-12,17-18H2,1-2H3. The second kappa shape index (κ2) is 9.54. The molecule has 164 valence electrons. The van der Waals surface area contributed by atoms with Crippen LogP contribution < -0.4 is 4.74 Å². The summed E-state index contributed by atoms with van der Waals surface area (Å²) in [5.41, 5.74) is 3.69.